The smallest absolute Gasteiger partial charge is 0.0952 e. The maximum Gasteiger partial charge on any atom is 0.0952 e. The highest BCUT2D eigenvalue weighted by molar-refractivity contribution is 5.16. The first kappa shape index (κ1) is 13.2. The predicted octanol–water partition coefficient (Wildman–Crippen LogP) is 2.38. The largest absolute Gasteiger partial charge is 0.472 e. The van der Waals surface area contributed by atoms with Crippen molar-refractivity contribution in [3.05, 3.63) is 24.2 Å². The molecule has 0 bridgehead atoms. The standard InChI is InChI=1S/C12H22N2O2/c1-4-12(5-2,16-6-3)11(14-13)10-7-8-15-9-10/h7-9,11,14H,4-6,13H2,1-3H3. The molecule has 0 fully saturated rings. The molecular weight excluding hydrogens is 204 g/mol. The van der Waals surface area contributed by atoms with Crippen LogP contribution in [0.4, 0.5) is 0 Å². The van der Waals surface area contributed by atoms with Gasteiger partial charge in [-0.05, 0) is 25.8 Å². The summed E-state index contributed by atoms with van der Waals surface area (Å²) in [6.45, 7) is 6.91. The van der Waals surface area contributed by atoms with Crippen LogP contribution < -0.4 is 11.3 Å². The van der Waals surface area contributed by atoms with E-state index in [1.807, 2.05) is 13.0 Å². The van der Waals surface area contributed by atoms with Gasteiger partial charge in [0.1, 0.15) is 0 Å². The summed E-state index contributed by atoms with van der Waals surface area (Å²) in [7, 11) is 0. The minimum Gasteiger partial charge on any atom is -0.472 e. The number of ether oxygens (including phenoxy) is 1. The molecule has 0 aliphatic carbocycles. The van der Waals surface area contributed by atoms with Crippen molar-refractivity contribution in [2.24, 2.45) is 5.84 Å². The van der Waals surface area contributed by atoms with Crippen molar-refractivity contribution < 1.29 is 9.15 Å². The second-order valence-corrected chi connectivity index (χ2v) is 3.86. The van der Waals surface area contributed by atoms with Crippen LogP contribution in [0.3, 0.4) is 0 Å². The Morgan fingerprint density at radius 2 is 2.12 bits per heavy atom. The number of hydrogen-bond donors (Lipinski definition) is 2. The summed E-state index contributed by atoms with van der Waals surface area (Å²) in [6, 6.07) is 1.88. The molecule has 0 spiro atoms. The van der Waals surface area contributed by atoms with Gasteiger partial charge in [0.15, 0.2) is 0 Å². The van der Waals surface area contributed by atoms with Crippen LogP contribution in [-0.4, -0.2) is 12.2 Å². The average molecular weight is 226 g/mol. The monoisotopic (exact) mass is 226 g/mol. The Balaban J connectivity index is 2.98. The van der Waals surface area contributed by atoms with Crippen LogP contribution in [0.15, 0.2) is 23.0 Å². The Morgan fingerprint density at radius 1 is 1.44 bits per heavy atom. The minimum atomic E-state index is -0.270. The Bertz CT molecular complexity index is 281. The molecule has 0 aliphatic heterocycles. The summed E-state index contributed by atoms with van der Waals surface area (Å²) in [4.78, 5) is 0. The molecule has 0 amide bonds. The zero-order valence-electron chi connectivity index (χ0n) is 10.3. The molecule has 4 nitrogen and oxygen atoms in total. The van der Waals surface area contributed by atoms with Crippen LogP contribution in [0.25, 0.3) is 0 Å². The zero-order valence-corrected chi connectivity index (χ0v) is 10.3. The molecule has 0 radical (unpaired) electrons. The van der Waals surface area contributed by atoms with Crippen LogP contribution in [0.5, 0.6) is 0 Å². The van der Waals surface area contributed by atoms with E-state index in [-0.39, 0.29) is 11.6 Å². The van der Waals surface area contributed by atoms with Gasteiger partial charge in [-0.3, -0.25) is 5.84 Å². The zero-order chi connectivity index (χ0) is 12.0. The highest BCUT2D eigenvalue weighted by Crippen LogP contribution is 2.35. The Kier molecular flexibility index (Phi) is 4.99. The third kappa shape index (κ3) is 2.45. The van der Waals surface area contributed by atoms with Gasteiger partial charge in [0.2, 0.25) is 0 Å². The summed E-state index contributed by atoms with van der Waals surface area (Å²) < 4.78 is 11.0. The topological polar surface area (TPSA) is 60.4 Å². The number of furan rings is 1. The fourth-order valence-electron chi connectivity index (χ4n) is 2.22. The van der Waals surface area contributed by atoms with E-state index in [1.165, 1.54) is 0 Å². The average Bonchev–Trinajstić information content (AvgIpc) is 2.82. The van der Waals surface area contributed by atoms with Crippen LogP contribution in [0, 0.1) is 0 Å². The van der Waals surface area contributed by atoms with E-state index in [1.54, 1.807) is 12.5 Å². The third-order valence-electron chi connectivity index (χ3n) is 3.20. The third-order valence-corrected chi connectivity index (χ3v) is 3.20. The quantitative estimate of drug-likeness (QED) is 0.553. The molecule has 0 aliphatic rings. The second kappa shape index (κ2) is 6.03. The first-order valence-electron chi connectivity index (χ1n) is 5.86. The highest BCUT2D eigenvalue weighted by Gasteiger charge is 2.37. The molecule has 92 valence electrons. The summed E-state index contributed by atoms with van der Waals surface area (Å²) in [5.74, 6) is 5.66. The first-order chi connectivity index (χ1) is 7.74. The first-order valence-corrected chi connectivity index (χ1v) is 5.86. The van der Waals surface area contributed by atoms with E-state index < -0.39 is 0 Å². The molecule has 1 atom stereocenters. The van der Waals surface area contributed by atoms with Gasteiger partial charge in [-0.25, -0.2) is 5.43 Å². The molecule has 1 aromatic rings. The predicted molar refractivity (Wildman–Crippen MR) is 63.7 cm³/mol. The minimum absolute atomic E-state index is 0.0406. The van der Waals surface area contributed by atoms with E-state index in [9.17, 15) is 0 Å². The lowest BCUT2D eigenvalue weighted by atomic mass is 9.85. The van der Waals surface area contributed by atoms with E-state index in [4.69, 9.17) is 15.0 Å². The number of nitrogens with two attached hydrogens (primary N) is 1. The van der Waals surface area contributed by atoms with Crippen molar-refractivity contribution in [3.63, 3.8) is 0 Å². The van der Waals surface area contributed by atoms with Crippen molar-refractivity contribution in [1.29, 1.82) is 0 Å². The van der Waals surface area contributed by atoms with Crippen molar-refractivity contribution in [2.45, 2.75) is 45.3 Å². The molecule has 3 N–H and O–H groups in total. The SMILES string of the molecule is CCOC(CC)(CC)C(NN)c1ccoc1. The van der Waals surface area contributed by atoms with Crippen LogP contribution in [-0.2, 0) is 4.74 Å². The van der Waals surface area contributed by atoms with Gasteiger partial charge in [0.05, 0.1) is 24.2 Å². The normalized spacial score (nSPS) is 14.0. The molecule has 1 unspecified atom stereocenters. The van der Waals surface area contributed by atoms with Gasteiger partial charge in [0, 0.05) is 12.2 Å². The van der Waals surface area contributed by atoms with Crippen LogP contribution in [0.1, 0.15) is 45.2 Å². The molecule has 0 saturated carbocycles. The Morgan fingerprint density at radius 3 is 2.50 bits per heavy atom. The molecule has 1 rings (SSSR count). The maximum absolute atomic E-state index is 5.92. The van der Waals surface area contributed by atoms with Gasteiger partial charge >= 0.3 is 0 Å². The fourth-order valence-corrected chi connectivity index (χ4v) is 2.22. The lowest BCUT2D eigenvalue weighted by Crippen LogP contribution is -2.47. The molecule has 16 heavy (non-hydrogen) atoms. The van der Waals surface area contributed by atoms with Gasteiger partial charge in [0.25, 0.3) is 0 Å². The molecular formula is C12H22N2O2. The fraction of sp³-hybridized carbons (Fsp3) is 0.667. The number of hydrazine groups is 1. The van der Waals surface area contributed by atoms with E-state index in [0.29, 0.717) is 6.61 Å². The maximum atomic E-state index is 5.92. The van der Waals surface area contributed by atoms with Gasteiger partial charge in [-0.1, -0.05) is 13.8 Å². The lowest BCUT2D eigenvalue weighted by molar-refractivity contribution is -0.0735. The summed E-state index contributed by atoms with van der Waals surface area (Å²) in [5.41, 5.74) is 3.60. The van der Waals surface area contributed by atoms with Gasteiger partial charge in [-0.15, -0.1) is 0 Å². The summed E-state index contributed by atoms with van der Waals surface area (Å²) >= 11 is 0. The number of nitrogens with one attached hydrogen (secondary N) is 1. The van der Waals surface area contributed by atoms with Crippen molar-refractivity contribution in [3.8, 4) is 0 Å². The van der Waals surface area contributed by atoms with Crippen LogP contribution >= 0.6 is 0 Å². The molecule has 1 heterocycles. The molecule has 0 aromatic carbocycles. The lowest BCUT2D eigenvalue weighted by Gasteiger charge is -2.38. The Labute approximate surface area is 97.1 Å². The van der Waals surface area contributed by atoms with E-state index >= 15 is 0 Å². The van der Waals surface area contributed by atoms with Crippen molar-refractivity contribution in [2.75, 3.05) is 6.61 Å². The summed E-state index contributed by atoms with van der Waals surface area (Å²) in [5, 5.41) is 0. The van der Waals surface area contributed by atoms with Crippen molar-refractivity contribution >= 4 is 0 Å². The molecule has 4 heteroatoms. The Hall–Kier alpha value is -0.840. The van der Waals surface area contributed by atoms with Crippen molar-refractivity contribution in [1.82, 2.24) is 5.43 Å². The highest BCUT2D eigenvalue weighted by atomic mass is 16.5. The van der Waals surface area contributed by atoms with Gasteiger partial charge < -0.3 is 9.15 Å². The van der Waals surface area contributed by atoms with E-state index in [2.05, 4.69) is 19.3 Å². The van der Waals surface area contributed by atoms with E-state index in [0.717, 1.165) is 18.4 Å². The van der Waals surface area contributed by atoms with Crippen LogP contribution in [0.2, 0.25) is 0 Å². The second-order valence-electron chi connectivity index (χ2n) is 3.86. The number of rotatable bonds is 7. The van der Waals surface area contributed by atoms with Gasteiger partial charge in [-0.2, -0.15) is 0 Å². The summed E-state index contributed by atoms with van der Waals surface area (Å²) in [6.07, 6.45) is 5.17. The number of hydrogen-bond acceptors (Lipinski definition) is 4. The molecule has 0 saturated heterocycles. The molecule has 1 aromatic heterocycles.